The van der Waals surface area contributed by atoms with Gasteiger partial charge in [-0.1, -0.05) is 19.3 Å². The summed E-state index contributed by atoms with van der Waals surface area (Å²) in [6.07, 6.45) is 4.33. The minimum Gasteiger partial charge on any atom is -0.481 e. The van der Waals surface area contributed by atoms with Crippen molar-refractivity contribution in [3.63, 3.8) is 0 Å². The van der Waals surface area contributed by atoms with Crippen molar-refractivity contribution in [2.75, 3.05) is 13.6 Å². The van der Waals surface area contributed by atoms with E-state index in [1.54, 1.807) is 7.05 Å². The monoisotopic (exact) mass is 285 g/mol. The summed E-state index contributed by atoms with van der Waals surface area (Å²) < 4.78 is 0. The maximum Gasteiger partial charge on any atom is 0.317 e. The van der Waals surface area contributed by atoms with Crippen molar-refractivity contribution in [1.29, 1.82) is 0 Å². The van der Waals surface area contributed by atoms with E-state index in [0.29, 0.717) is 12.8 Å². The number of carbonyl (C=O) groups excluding carboxylic acids is 2. The Bertz CT molecular complexity index is 378. The van der Waals surface area contributed by atoms with Gasteiger partial charge >= 0.3 is 12.0 Å². The first-order chi connectivity index (χ1) is 9.37. The Morgan fingerprint density at radius 1 is 1.25 bits per heavy atom. The molecule has 1 aliphatic rings. The van der Waals surface area contributed by atoms with Crippen LogP contribution in [0.25, 0.3) is 0 Å². The molecule has 7 heteroatoms. The van der Waals surface area contributed by atoms with E-state index < -0.39 is 17.4 Å². The molecule has 0 saturated heterocycles. The quantitative estimate of drug-likeness (QED) is 0.666. The van der Waals surface area contributed by atoms with Crippen LogP contribution >= 0.6 is 0 Å². The highest BCUT2D eigenvalue weighted by Crippen LogP contribution is 2.35. The van der Waals surface area contributed by atoms with Crippen LogP contribution in [0.5, 0.6) is 0 Å². The maximum absolute atomic E-state index is 12.1. The zero-order chi connectivity index (χ0) is 15.2. The van der Waals surface area contributed by atoms with Crippen molar-refractivity contribution in [3.05, 3.63) is 0 Å². The SMILES string of the molecule is CN(C(=O)NCCC(N)=O)C1(CC(=O)O)CCCCC1. The molecule has 20 heavy (non-hydrogen) atoms. The van der Waals surface area contributed by atoms with E-state index in [1.165, 1.54) is 4.90 Å². The molecule has 0 aromatic heterocycles. The molecule has 0 unspecified atom stereocenters. The molecule has 114 valence electrons. The Hall–Kier alpha value is -1.79. The number of primary amides is 1. The van der Waals surface area contributed by atoms with Crippen molar-refractivity contribution >= 4 is 17.9 Å². The largest absolute Gasteiger partial charge is 0.481 e. The summed E-state index contributed by atoms with van der Waals surface area (Å²) in [5, 5.41) is 11.7. The predicted octanol–water partition coefficient (Wildman–Crippen LogP) is 0.681. The Morgan fingerprint density at radius 2 is 1.85 bits per heavy atom. The highest BCUT2D eigenvalue weighted by molar-refractivity contribution is 5.78. The molecule has 0 spiro atoms. The van der Waals surface area contributed by atoms with Crippen LogP contribution in [0.2, 0.25) is 0 Å². The van der Waals surface area contributed by atoms with E-state index >= 15 is 0 Å². The number of carboxylic acid groups (broad SMARTS) is 1. The third-order valence-electron chi connectivity index (χ3n) is 3.93. The molecule has 3 amide bonds. The summed E-state index contributed by atoms with van der Waals surface area (Å²) in [7, 11) is 1.62. The fourth-order valence-corrected chi connectivity index (χ4v) is 2.75. The Balaban J connectivity index is 2.66. The molecular weight excluding hydrogens is 262 g/mol. The molecule has 0 heterocycles. The van der Waals surface area contributed by atoms with Crippen molar-refractivity contribution in [2.45, 2.75) is 50.5 Å². The number of nitrogens with two attached hydrogens (primary N) is 1. The first-order valence-corrected chi connectivity index (χ1v) is 6.89. The van der Waals surface area contributed by atoms with Gasteiger partial charge in [0.05, 0.1) is 12.0 Å². The van der Waals surface area contributed by atoms with Gasteiger partial charge in [-0.3, -0.25) is 9.59 Å². The molecule has 0 atom stereocenters. The summed E-state index contributed by atoms with van der Waals surface area (Å²) in [5.41, 5.74) is 4.38. The van der Waals surface area contributed by atoms with Crippen LogP contribution < -0.4 is 11.1 Å². The van der Waals surface area contributed by atoms with Crippen molar-refractivity contribution in [1.82, 2.24) is 10.2 Å². The summed E-state index contributed by atoms with van der Waals surface area (Å²) in [4.78, 5) is 35.3. The predicted molar refractivity (Wildman–Crippen MR) is 73.0 cm³/mol. The van der Waals surface area contributed by atoms with Gasteiger partial charge in [-0.05, 0) is 12.8 Å². The smallest absolute Gasteiger partial charge is 0.317 e. The van der Waals surface area contributed by atoms with E-state index in [2.05, 4.69) is 5.32 Å². The average molecular weight is 285 g/mol. The minimum absolute atomic E-state index is 0.0489. The number of aliphatic carboxylic acids is 1. The number of rotatable bonds is 6. The topological polar surface area (TPSA) is 113 Å². The van der Waals surface area contributed by atoms with Gasteiger partial charge in [-0.25, -0.2) is 4.79 Å². The summed E-state index contributed by atoms with van der Waals surface area (Å²) in [5.74, 6) is -1.38. The molecular formula is C13H23N3O4. The van der Waals surface area contributed by atoms with Crippen molar-refractivity contribution < 1.29 is 19.5 Å². The fraction of sp³-hybridized carbons (Fsp3) is 0.769. The molecule has 4 N–H and O–H groups in total. The van der Waals surface area contributed by atoms with E-state index in [9.17, 15) is 14.4 Å². The third kappa shape index (κ3) is 4.40. The second-order valence-corrected chi connectivity index (χ2v) is 5.36. The number of urea groups is 1. The van der Waals surface area contributed by atoms with Crippen LogP contribution in [0.4, 0.5) is 4.79 Å². The van der Waals surface area contributed by atoms with Crippen LogP contribution in [0.3, 0.4) is 0 Å². The molecule has 0 bridgehead atoms. The Morgan fingerprint density at radius 3 is 2.35 bits per heavy atom. The first-order valence-electron chi connectivity index (χ1n) is 6.89. The van der Waals surface area contributed by atoms with Crippen LogP contribution in [0.15, 0.2) is 0 Å². The number of amides is 3. The van der Waals surface area contributed by atoms with Gasteiger partial charge in [0.15, 0.2) is 0 Å². The number of carbonyl (C=O) groups is 3. The lowest BCUT2D eigenvalue weighted by molar-refractivity contribution is -0.140. The Kier molecular flexibility index (Phi) is 5.79. The van der Waals surface area contributed by atoms with Crippen LogP contribution in [-0.2, 0) is 9.59 Å². The molecule has 1 rings (SSSR count). The first kappa shape index (κ1) is 16.3. The molecule has 0 aromatic rings. The highest BCUT2D eigenvalue weighted by atomic mass is 16.4. The molecule has 1 saturated carbocycles. The van der Waals surface area contributed by atoms with Gasteiger partial charge in [0.2, 0.25) is 5.91 Å². The fourth-order valence-electron chi connectivity index (χ4n) is 2.75. The zero-order valence-electron chi connectivity index (χ0n) is 11.9. The number of hydrogen-bond donors (Lipinski definition) is 3. The molecule has 0 radical (unpaired) electrons. The highest BCUT2D eigenvalue weighted by Gasteiger charge is 2.40. The Labute approximate surface area is 118 Å². The second-order valence-electron chi connectivity index (χ2n) is 5.36. The van der Waals surface area contributed by atoms with Gasteiger partial charge in [-0.2, -0.15) is 0 Å². The van der Waals surface area contributed by atoms with Crippen LogP contribution in [-0.4, -0.2) is 47.0 Å². The normalized spacial score (nSPS) is 17.2. The molecule has 0 aliphatic heterocycles. The number of carboxylic acids is 1. The van der Waals surface area contributed by atoms with Gasteiger partial charge in [0, 0.05) is 20.0 Å². The van der Waals surface area contributed by atoms with Crippen molar-refractivity contribution in [2.24, 2.45) is 5.73 Å². The lowest BCUT2D eigenvalue weighted by Gasteiger charge is -2.43. The number of nitrogens with zero attached hydrogens (tertiary/aromatic N) is 1. The van der Waals surface area contributed by atoms with Crippen molar-refractivity contribution in [3.8, 4) is 0 Å². The van der Waals surface area contributed by atoms with Gasteiger partial charge < -0.3 is 21.1 Å². The zero-order valence-corrected chi connectivity index (χ0v) is 11.9. The van der Waals surface area contributed by atoms with Gasteiger partial charge in [0.1, 0.15) is 0 Å². The van der Waals surface area contributed by atoms with E-state index in [1.807, 2.05) is 0 Å². The number of hydrogen-bond acceptors (Lipinski definition) is 3. The van der Waals surface area contributed by atoms with E-state index in [0.717, 1.165) is 19.3 Å². The van der Waals surface area contributed by atoms with Crippen LogP contribution in [0, 0.1) is 0 Å². The van der Waals surface area contributed by atoms with Gasteiger partial charge in [-0.15, -0.1) is 0 Å². The standard InChI is InChI=1S/C13H23N3O4/c1-16(12(20)15-8-5-10(14)17)13(9-11(18)19)6-3-2-4-7-13/h2-9H2,1H3,(H2,14,17)(H,15,20)(H,18,19). The van der Waals surface area contributed by atoms with Crippen LogP contribution in [0.1, 0.15) is 44.9 Å². The van der Waals surface area contributed by atoms with E-state index in [-0.39, 0.29) is 25.4 Å². The number of nitrogens with one attached hydrogen (secondary N) is 1. The lowest BCUT2D eigenvalue weighted by atomic mass is 9.78. The summed E-state index contributed by atoms with van der Waals surface area (Å²) in [6, 6.07) is -0.352. The molecule has 1 fully saturated rings. The third-order valence-corrected chi connectivity index (χ3v) is 3.93. The summed E-state index contributed by atoms with van der Waals surface area (Å²) >= 11 is 0. The maximum atomic E-state index is 12.1. The van der Waals surface area contributed by atoms with E-state index in [4.69, 9.17) is 10.8 Å². The average Bonchev–Trinajstić information content (AvgIpc) is 2.37. The molecule has 0 aromatic carbocycles. The summed E-state index contributed by atoms with van der Waals surface area (Å²) in [6.45, 7) is 0.168. The van der Waals surface area contributed by atoms with Gasteiger partial charge in [0.25, 0.3) is 0 Å². The lowest BCUT2D eigenvalue weighted by Crippen LogP contribution is -2.55. The second kappa shape index (κ2) is 7.12. The molecule has 1 aliphatic carbocycles. The minimum atomic E-state index is -0.899. The molecule has 7 nitrogen and oxygen atoms in total.